The number of fused-ring (bicyclic) bond motifs is 8. The van der Waals surface area contributed by atoms with Crippen molar-refractivity contribution in [3.8, 4) is 11.4 Å². The molecule has 0 fully saturated rings. The molecule has 5 rings (SSSR count). The second-order valence-electron chi connectivity index (χ2n) is 6.45. The number of imidazole rings is 1. The number of rotatable bonds is 0. The summed E-state index contributed by atoms with van der Waals surface area (Å²) < 4.78 is 2.46. The van der Waals surface area contributed by atoms with Crippen LogP contribution in [0.1, 0.15) is 42.3 Å². The van der Waals surface area contributed by atoms with Crippen LogP contribution < -0.4 is 0 Å². The third-order valence-electron chi connectivity index (χ3n) is 5.07. The Hall–Kier alpha value is -2.35. The van der Waals surface area contributed by atoms with E-state index in [1.807, 2.05) is 0 Å². The van der Waals surface area contributed by atoms with Crippen molar-refractivity contribution in [1.82, 2.24) is 9.55 Å². The molecule has 3 aliphatic rings. The van der Waals surface area contributed by atoms with Gasteiger partial charge in [-0.25, -0.2) is 4.98 Å². The van der Waals surface area contributed by atoms with Crippen molar-refractivity contribution in [3.63, 3.8) is 0 Å². The van der Waals surface area contributed by atoms with E-state index < -0.39 is 0 Å². The number of aryl methyl sites for hydroxylation is 1. The highest BCUT2D eigenvalue weighted by atomic mass is 15.1. The van der Waals surface area contributed by atoms with E-state index in [2.05, 4.69) is 66.1 Å². The van der Waals surface area contributed by atoms with Gasteiger partial charge in [-0.2, -0.15) is 0 Å². The molecule has 2 heterocycles. The van der Waals surface area contributed by atoms with Crippen LogP contribution in [0.4, 0.5) is 0 Å². The summed E-state index contributed by atoms with van der Waals surface area (Å²) in [6.07, 6.45) is 13.7. The van der Waals surface area contributed by atoms with E-state index in [0.717, 1.165) is 18.7 Å². The van der Waals surface area contributed by atoms with Crippen molar-refractivity contribution in [3.05, 3.63) is 71.1 Å². The zero-order valence-electron chi connectivity index (χ0n) is 12.7. The number of benzene rings is 1. The Morgan fingerprint density at radius 3 is 3.05 bits per heavy atom. The maximum atomic E-state index is 5.00. The predicted molar refractivity (Wildman–Crippen MR) is 89.7 cm³/mol. The molecular formula is C20H18N2. The van der Waals surface area contributed by atoms with E-state index >= 15 is 0 Å². The molecule has 0 saturated carbocycles. The molecule has 0 saturated heterocycles. The molecule has 0 radical (unpaired) electrons. The number of hydrogen-bond donors (Lipinski definition) is 0. The van der Waals surface area contributed by atoms with Gasteiger partial charge in [-0.15, -0.1) is 0 Å². The van der Waals surface area contributed by atoms with E-state index in [1.54, 1.807) is 0 Å². The Labute approximate surface area is 130 Å². The number of aromatic nitrogens is 2. The van der Waals surface area contributed by atoms with Gasteiger partial charge in [0.15, 0.2) is 0 Å². The third kappa shape index (κ3) is 1.52. The lowest BCUT2D eigenvalue weighted by Gasteiger charge is -2.35. The Kier molecular flexibility index (Phi) is 2.40. The minimum Gasteiger partial charge on any atom is -0.316 e. The zero-order valence-corrected chi connectivity index (χ0v) is 12.7. The van der Waals surface area contributed by atoms with E-state index in [9.17, 15) is 0 Å². The molecule has 2 unspecified atom stereocenters. The van der Waals surface area contributed by atoms with Crippen molar-refractivity contribution < 1.29 is 0 Å². The summed E-state index contributed by atoms with van der Waals surface area (Å²) in [5, 5.41) is 0. The molecule has 22 heavy (non-hydrogen) atoms. The Morgan fingerprint density at radius 2 is 2.09 bits per heavy atom. The smallest absolute Gasteiger partial charge is 0.141 e. The summed E-state index contributed by atoms with van der Waals surface area (Å²) in [5.41, 5.74) is 6.63. The van der Waals surface area contributed by atoms with Crippen LogP contribution in [0, 0.1) is 0 Å². The summed E-state index contributed by atoms with van der Waals surface area (Å²) in [6.45, 7) is 2.19. The summed E-state index contributed by atoms with van der Waals surface area (Å²) in [4.78, 5) is 5.00. The highest BCUT2D eigenvalue weighted by molar-refractivity contribution is 5.70. The molecule has 1 aliphatic heterocycles. The first-order chi connectivity index (χ1) is 10.8. The average molecular weight is 286 g/mol. The summed E-state index contributed by atoms with van der Waals surface area (Å²) in [5.74, 6) is 1.56. The van der Waals surface area contributed by atoms with Crippen LogP contribution in [-0.4, -0.2) is 9.55 Å². The Morgan fingerprint density at radius 1 is 1.18 bits per heavy atom. The van der Waals surface area contributed by atoms with Gasteiger partial charge in [0, 0.05) is 11.5 Å². The van der Waals surface area contributed by atoms with Crippen LogP contribution >= 0.6 is 0 Å². The number of hydrogen-bond acceptors (Lipinski definition) is 1. The minimum absolute atomic E-state index is 0.354. The van der Waals surface area contributed by atoms with Gasteiger partial charge < -0.3 is 4.57 Å². The Balaban J connectivity index is 1.84. The molecule has 0 amide bonds. The maximum absolute atomic E-state index is 5.00. The largest absolute Gasteiger partial charge is 0.316 e. The highest BCUT2D eigenvalue weighted by Gasteiger charge is 2.35. The van der Waals surface area contributed by atoms with Gasteiger partial charge in [0.1, 0.15) is 5.82 Å². The van der Waals surface area contributed by atoms with Crippen molar-refractivity contribution in [2.24, 2.45) is 0 Å². The summed E-state index contributed by atoms with van der Waals surface area (Å²) >= 11 is 0. The van der Waals surface area contributed by atoms with Crippen LogP contribution in [0.5, 0.6) is 0 Å². The lowest BCUT2D eigenvalue weighted by Crippen LogP contribution is -2.24. The first kappa shape index (κ1) is 12.2. The standard InChI is InChI=1S/C20H18N2/c1-13-10-11-18-16(12-13)14-6-2-3-7-15(14)20-21-17-8-4-5-9-19(17)22(18)20/h2-3,5-7,9-12,16,18H,4,8H2,1H3. The highest BCUT2D eigenvalue weighted by Crippen LogP contribution is 2.47. The van der Waals surface area contributed by atoms with Crippen LogP contribution in [0.3, 0.4) is 0 Å². The molecule has 2 aliphatic carbocycles. The molecule has 2 aromatic rings. The normalized spacial score (nSPS) is 24.1. The molecule has 1 aromatic heterocycles. The van der Waals surface area contributed by atoms with Gasteiger partial charge in [0.2, 0.25) is 0 Å². The second-order valence-corrected chi connectivity index (χ2v) is 6.45. The second kappa shape index (κ2) is 4.33. The quantitative estimate of drug-likeness (QED) is 0.688. The van der Waals surface area contributed by atoms with E-state index in [-0.39, 0.29) is 0 Å². The SMILES string of the molecule is CC1=CC2c3ccccc3-c3nc4c(n3C2C=C1)C=CCC4. The minimum atomic E-state index is 0.354. The van der Waals surface area contributed by atoms with Crippen LogP contribution in [0.2, 0.25) is 0 Å². The van der Waals surface area contributed by atoms with Gasteiger partial charge in [0.25, 0.3) is 0 Å². The number of nitrogens with zero attached hydrogens (tertiary/aromatic N) is 2. The van der Waals surface area contributed by atoms with Crippen molar-refractivity contribution in [2.75, 3.05) is 0 Å². The fraction of sp³-hybridized carbons (Fsp3) is 0.250. The van der Waals surface area contributed by atoms with Gasteiger partial charge in [0.05, 0.1) is 17.4 Å². The van der Waals surface area contributed by atoms with Gasteiger partial charge in [-0.3, -0.25) is 0 Å². The van der Waals surface area contributed by atoms with Crippen LogP contribution in [-0.2, 0) is 6.42 Å². The van der Waals surface area contributed by atoms with Gasteiger partial charge in [-0.1, -0.05) is 54.1 Å². The molecule has 2 nitrogen and oxygen atoms in total. The molecule has 2 atom stereocenters. The van der Waals surface area contributed by atoms with Crippen molar-refractivity contribution >= 4 is 6.08 Å². The van der Waals surface area contributed by atoms with Crippen LogP contribution in [0.25, 0.3) is 17.5 Å². The Bertz CT molecular complexity index is 864. The molecule has 2 heteroatoms. The fourth-order valence-electron chi connectivity index (χ4n) is 4.08. The fourth-order valence-corrected chi connectivity index (χ4v) is 4.08. The molecule has 0 bridgehead atoms. The van der Waals surface area contributed by atoms with Crippen LogP contribution in [0.15, 0.2) is 54.1 Å². The lowest BCUT2D eigenvalue weighted by molar-refractivity contribution is 0.529. The number of allylic oxidation sites excluding steroid dienone is 5. The summed E-state index contributed by atoms with van der Waals surface area (Å²) in [7, 11) is 0. The van der Waals surface area contributed by atoms with Gasteiger partial charge >= 0.3 is 0 Å². The lowest BCUT2D eigenvalue weighted by atomic mass is 9.80. The van der Waals surface area contributed by atoms with Crippen molar-refractivity contribution in [2.45, 2.75) is 31.7 Å². The average Bonchev–Trinajstić information content (AvgIpc) is 2.95. The van der Waals surface area contributed by atoms with Gasteiger partial charge in [-0.05, 0) is 31.4 Å². The predicted octanol–water partition coefficient (Wildman–Crippen LogP) is 4.66. The molecule has 108 valence electrons. The summed E-state index contributed by atoms with van der Waals surface area (Å²) in [6, 6.07) is 9.12. The van der Waals surface area contributed by atoms with E-state index in [4.69, 9.17) is 4.98 Å². The topological polar surface area (TPSA) is 17.8 Å². The molecular weight excluding hydrogens is 268 g/mol. The first-order valence-electron chi connectivity index (χ1n) is 8.06. The maximum Gasteiger partial charge on any atom is 0.141 e. The monoisotopic (exact) mass is 286 g/mol. The van der Waals surface area contributed by atoms with E-state index in [1.165, 1.54) is 28.1 Å². The first-order valence-corrected chi connectivity index (χ1v) is 8.06. The van der Waals surface area contributed by atoms with Crippen molar-refractivity contribution in [1.29, 1.82) is 0 Å². The molecule has 1 aromatic carbocycles. The zero-order chi connectivity index (χ0) is 14.7. The molecule has 0 N–H and O–H groups in total. The molecule has 0 spiro atoms. The third-order valence-corrected chi connectivity index (χ3v) is 5.07. The van der Waals surface area contributed by atoms with E-state index in [0.29, 0.717) is 12.0 Å².